The molecular weight excluding hydrogens is 624 g/mol. The second kappa shape index (κ2) is 14.0. The van der Waals surface area contributed by atoms with Crippen molar-refractivity contribution in [2.24, 2.45) is 0 Å². The molecular formula is C34H43F2N5O5Si. The summed E-state index contributed by atoms with van der Waals surface area (Å²) in [4.78, 5) is 26.7. The number of methoxy groups -OCH3 is 3. The molecule has 13 heteroatoms. The maximum atomic E-state index is 14.1. The number of carbonyl (C=O) groups excluding carboxylic acids is 1. The molecule has 1 fully saturated rings. The van der Waals surface area contributed by atoms with E-state index >= 15 is 0 Å². The molecule has 252 valence electrons. The Labute approximate surface area is 275 Å². The van der Waals surface area contributed by atoms with Crippen LogP contribution in [0.2, 0.25) is 25.7 Å². The number of anilines is 1. The standard InChI is InChI=1S/C34H43F2N5O5Si/c1-39(25-17-30(43-2)32(45-4)31(18-25)44-3)33(42)29-19-27-28(41(29)22-46-14-15-47(5,6)7)9-8-26(38-27)23-10-12-37-24(16-23)20-40-13-11-34(35,36)21-40/h8-10,12,16-19H,11,13-15,20-22H2,1-7H3. The van der Waals surface area contributed by atoms with E-state index in [1.54, 1.807) is 36.3 Å². The van der Waals surface area contributed by atoms with Gasteiger partial charge in [0.2, 0.25) is 5.75 Å². The fraction of sp³-hybridized carbons (Fsp3) is 0.441. The van der Waals surface area contributed by atoms with E-state index in [-0.39, 0.29) is 25.6 Å². The van der Waals surface area contributed by atoms with Crippen molar-refractivity contribution in [1.82, 2.24) is 19.4 Å². The number of likely N-dealkylation sites (tertiary alicyclic amines) is 1. The first-order valence-corrected chi connectivity index (χ1v) is 19.2. The lowest BCUT2D eigenvalue weighted by molar-refractivity contribution is 0.0114. The lowest BCUT2D eigenvalue weighted by Crippen LogP contribution is -2.29. The number of halogens is 2. The van der Waals surface area contributed by atoms with Crippen molar-refractivity contribution in [3.63, 3.8) is 0 Å². The molecule has 1 saturated heterocycles. The molecule has 1 aliphatic heterocycles. The predicted molar refractivity (Wildman–Crippen MR) is 181 cm³/mol. The van der Waals surface area contributed by atoms with Gasteiger partial charge in [0, 0.05) is 65.1 Å². The van der Waals surface area contributed by atoms with Gasteiger partial charge < -0.3 is 28.4 Å². The van der Waals surface area contributed by atoms with Crippen LogP contribution in [0.1, 0.15) is 22.6 Å². The second-order valence-electron chi connectivity index (χ2n) is 13.0. The summed E-state index contributed by atoms with van der Waals surface area (Å²) in [6.07, 6.45) is 1.53. The summed E-state index contributed by atoms with van der Waals surface area (Å²) >= 11 is 0. The number of fused-ring (bicyclic) bond motifs is 1. The molecule has 0 bridgehead atoms. The number of carbonyl (C=O) groups is 1. The Morgan fingerprint density at radius 1 is 1.02 bits per heavy atom. The minimum atomic E-state index is -2.66. The van der Waals surface area contributed by atoms with Crippen molar-refractivity contribution < 1.29 is 32.5 Å². The molecule has 5 rings (SSSR count). The molecule has 3 aromatic heterocycles. The molecule has 1 amide bonds. The van der Waals surface area contributed by atoms with Crippen LogP contribution in [0.15, 0.2) is 48.7 Å². The van der Waals surface area contributed by atoms with Crippen LogP contribution in [0.3, 0.4) is 0 Å². The molecule has 4 aromatic rings. The van der Waals surface area contributed by atoms with E-state index < -0.39 is 14.0 Å². The molecule has 0 spiro atoms. The van der Waals surface area contributed by atoms with Gasteiger partial charge in [0.25, 0.3) is 11.8 Å². The minimum Gasteiger partial charge on any atom is -0.493 e. The van der Waals surface area contributed by atoms with Crippen LogP contribution >= 0.6 is 0 Å². The summed E-state index contributed by atoms with van der Waals surface area (Å²) in [5, 5.41) is 0. The van der Waals surface area contributed by atoms with Gasteiger partial charge in [0.15, 0.2) is 11.5 Å². The highest BCUT2D eigenvalue weighted by atomic mass is 28.3. The van der Waals surface area contributed by atoms with Gasteiger partial charge in [0.05, 0.1) is 56.0 Å². The lowest BCUT2D eigenvalue weighted by Gasteiger charge is -2.22. The first-order valence-electron chi connectivity index (χ1n) is 15.5. The summed E-state index contributed by atoms with van der Waals surface area (Å²) in [6.45, 7) is 8.04. The van der Waals surface area contributed by atoms with E-state index in [0.29, 0.717) is 65.2 Å². The minimum absolute atomic E-state index is 0.139. The molecule has 1 aliphatic rings. The largest absolute Gasteiger partial charge is 0.493 e. The topological polar surface area (TPSA) is 91.2 Å². The summed E-state index contributed by atoms with van der Waals surface area (Å²) < 4.78 is 52.0. The number of alkyl halides is 2. The molecule has 0 aliphatic carbocycles. The lowest BCUT2D eigenvalue weighted by atomic mass is 10.1. The molecule has 0 N–H and O–H groups in total. The Bertz CT molecular complexity index is 1720. The van der Waals surface area contributed by atoms with Gasteiger partial charge in [-0.05, 0) is 36.4 Å². The first-order chi connectivity index (χ1) is 22.3. The Kier molecular flexibility index (Phi) is 10.2. The van der Waals surface area contributed by atoms with Gasteiger partial charge in [-0.1, -0.05) is 19.6 Å². The van der Waals surface area contributed by atoms with Crippen LogP contribution in [0.4, 0.5) is 14.5 Å². The third-order valence-electron chi connectivity index (χ3n) is 8.28. The van der Waals surface area contributed by atoms with Crippen molar-refractivity contribution in [1.29, 1.82) is 0 Å². The van der Waals surface area contributed by atoms with Crippen LogP contribution in [0.5, 0.6) is 17.2 Å². The normalized spacial score (nSPS) is 14.8. The molecule has 0 saturated carbocycles. The van der Waals surface area contributed by atoms with E-state index in [2.05, 4.69) is 24.6 Å². The molecule has 10 nitrogen and oxygen atoms in total. The van der Waals surface area contributed by atoms with Crippen molar-refractivity contribution in [3.05, 3.63) is 60.0 Å². The summed E-state index contributed by atoms with van der Waals surface area (Å²) in [6, 6.07) is 13.7. The van der Waals surface area contributed by atoms with Crippen molar-refractivity contribution in [2.75, 3.05) is 53.0 Å². The summed E-state index contributed by atoms with van der Waals surface area (Å²) in [7, 11) is 4.94. The van der Waals surface area contributed by atoms with Gasteiger partial charge in [-0.15, -0.1) is 0 Å². The molecule has 0 radical (unpaired) electrons. The van der Waals surface area contributed by atoms with Gasteiger partial charge in [-0.25, -0.2) is 13.8 Å². The van der Waals surface area contributed by atoms with Crippen LogP contribution in [0.25, 0.3) is 22.3 Å². The Morgan fingerprint density at radius 2 is 1.74 bits per heavy atom. The number of hydrogen-bond acceptors (Lipinski definition) is 8. The van der Waals surface area contributed by atoms with Crippen LogP contribution in [0, 0.1) is 0 Å². The predicted octanol–water partition coefficient (Wildman–Crippen LogP) is 6.55. The zero-order valence-corrected chi connectivity index (χ0v) is 29.1. The number of hydrogen-bond donors (Lipinski definition) is 0. The Morgan fingerprint density at radius 3 is 2.36 bits per heavy atom. The number of aromatic nitrogens is 3. The SMILES string of the molecule is COc1cc(N(C)C(=O)c2cc3nc(-c4ccnc(CN5CCC(F)(F)C5)c4)ccc3n2COCC[Si](C)(C)C)cc(OC)c1OC. The quantitative estimate of drug-likeness (QED) is 0.117. The van der Waals surface area contributed by atoms with E-state index in [9.17, 15) is 13.6 Å². The van der Waals surface area contributed by atoms with E-state index in [4.69, 9.17) is 23.9 Å². The Balaban J connectivity index is 1.48. The van der Waals surface area contributed by atoms with Gasteiger partial charge >= 0.3 is 0 Å². The number of ether oxygens (including phenoxy) is 4. The highest BCUT2D eigenvalue weighted by Crippen LogP contribution is 2.41. The van der Waals surface area contributed by atoms with E-state index in [1.165, 1.54) is 26.2 Å². The Hall–Kier alpha value is -4.07. The van der Waals surface area contributed by atoms with E-state index in [1.807, 2.05) is 28.8 Å². The molecule has 0 atom stereocenters. The van der Waals surface area contributed by atoms with Gasteiger partial charge in [-0.3, -0.25) is 14.7 Å². The second-order valence-corrected chi connectivity index (χ2v) is 18.6. The third-order valence-corrected chi connectivity index (χ3v) is 9.99. The van der Waals surface area contributed by atoms with Crippen LogP contribution in [-0.2, 0) is 18.0 Å². The van der Waals surface area contributed by atoms with Crippen molar-refractivity contribution in [2.45, 2.75) is 51.3 Å². The average Bonchev–Trinajstić information content (AvgIpc) is 3.59. The average molecular weight is 668 g/mol. The number of nitrogens with zero attached hydrogens (tertiary/aromatic N) is 5. The first kappa shape index (κ1) is 34.3. The third kappa shape index (κ3) is 7.91. The molecule has 4 heterocycles. The highest BCUT2D eigenvalue weighted by Gasteiger charge is 2.38. The maximum absolute atomic E-state index is 14.1. The summed E-state index contributed by atoms with van der Waals surface area (Å²) in [5.74, 6) is -1.65. The molecule has 1 aromatic carbocycles. The molecule has 0 unspecified atom stereocenters. The monoisotopic (exact) mass is 667 g/mol. The fourth-order valence-electron chi connectivity index (χ4n) is 5.60. The number of benzene rings is 1. The zero-order valence-electron chi connectivity index (χ0n) is 28.1. The van der Waals surface area contributed by atoms with Crippen LogP contribution in [-0.4, -0.2) is 87.4 Å². The van der Waals surface area contributed by atoms with Gasteiger partial charge in [0.1, 0.15) is 12.4 Å². The molecule has 47 heavy (non-hydrogen) atoms. The highest BCUT2D eigenvalue weighted by molar-refractivity contribution is 6.76. The van der Waals surface area contributed by atoms with Crippen molar-refractivity contribution in [3.8, 4) is 28.5 Å². The van der Waals surface area contributed by atoms with E-state index in [0.717, 1.165) is 17.1 Å². The number of amides is 1. The number of pyridine rings is 2. The van der Waals surface area contributed by atoms with Gasteiger partial charge in [-0.2, -0.15) is 0 Å². The number of rotatable bonds is 13. The zero-order chi connectivity index (χ0) is 33.9. The summed E-state index contributed by atoms with van der Waals surface area (Å²) in [5.41, 5.74) is 4.51. The maximum Gasteiger partial charge on any atom is 0.274 e. The van der Waals surface area contributed by atoms with Crippen LogP contribution < -0.4 is 19.1 Å². The smallest absolute Gasteiger partial charge is 0.274 e. The van der Waals surface area contributed by atoms with Crippen molar-refractivity contribution >= 4 is 30.7 Å². The fourth-order valence-corrected chi connectivity index (χ4v) is 6.35.